The maximum absolute atomic E-state index is 10.8. The number of carbonyl (C=O) groups is 1. The Balaban J connectivity index is 1.52. The topological polar surface area (TPSA) is 85.2 Å². The summed E-state index contributed by atoms with van der Waals surface area (Å²) in [5, 5.41) is 19.2. The molecule has 166 valence electrons. The summed E-state index contributed by atoms with van der Waals surface area (Å²) in [5.41, 5.74) is 0. The van der Waals surface area contributed by atoms with Crippen molar-refractivity contribution in [1.82, 2.24) is 0 Å². The summed E-state index contributed by atoms with van der Waals surface area (Å²) in [7, 11) is 1.74. The van der Waals surface area contributed by atoms with E-state index >= 15 is 0 Å². The van der Waals surface area contributed by atoms with Crippen molar-refractivity contribution in [2.24, 2.45) is 17.8 Å². The minimum Gasteiger partial charge on any atom is -0.491 e. The standard InChI is InChI=1S/C24H34O6/c1-28-22-14-23-21(12-10-17(15-30-23)6-5-9-24(26)27)20(22)13-11-18(25)16-29-19-7-3-2-4-8-19/h2-4,7-8,11,13,17-18,20-23,25H,5-6,9-10,12,14-16H2,1H3,(H,26,27)/b13-11+/t17-,18+,20+,21+,22+,23-/m0/s1. The molecule has 2 fully saturated rings. The average molecular weight is 419 g/mol. The highest BCUT2D eigenvalue weighted by atomic mass is 16.5. The largest absolute Gasteiger partial charge is 0.491 e. The molecule has 30 heavy (non-hydrogen) atoms. The number of methoxy groups -OCH3 is 1. The number of ether oxygens (including phenoxy) is 3. The highest BCUT2D eigenvalue weighted by Crippen LogP contribution is 2.43. The van der Waals surface area contributed by atoms with Crippen molar-refractivity contribution in [3.8, 4) is 5.75 Å². The van der Waals surface area contributed by atoms with Gasteiger partial charge in [0.15, 0.2) is 0 Å². The number of aliphatic hydroxyl groups is 1. The van der Waals surface area contributed by atoms with Crippen molar-refractivity contribution in [3.63, 3.8) is 0 Å². The summed E-state index contributed by atoms with van der Waals surface area (Å²) in [4.78, 5) is 10.8. The molecule has 6 heteroatoms. The number of benzene rings is 1. The zero-order chi connectivity index (χ0) is 21.3. The molecule has 1 saturated heterocycles. The first kappa shape index (κ1) is 22.8. The number of rotatable bonds is 10. The summed E-state index contributed by atoms with van der Waals surface area (Å²) in [6.07, 6.45) is 8.22. The number of fused-ring (bicyclic) bond motifs is 1. The Hall–Kier alpha value is -1.89. The Morgan fingerprint density at radius 3 is 2.83 bits per heavy atom. The van der Waals surface area contributed by atoms with Crippen molar-refractivity contribution >= 4 is 5.97 Å². The molecule has 1 aromatic carbocycles. The van der Waals surface area contributed by atoms with Crippen LogP contribution in [0.2, 0.25) is 0 Å². The van der Waals surface area contributed by atoms with Crippen LogP contribution < -0.4 is 4.74 Å². The van der Waals surface area contributed by atoms with E-state index in [0.29, 0.717) is 24.9 Å². The number of para-hydroxylation sites is 1. The van der Waals surface area contributed by atoms with Gasteiger partial charge in [-0.15, -0.1) is 0 Å². The molecular weight excluding hydrogens is 384 g/mol. The summed E-state index contributed by atoms with van der Waals surface area (Å²) >= 11 is 0. The SMILES string of the molecule is CO[C@@H]1C[C@@H]2OC[C@@H](CCCC(=O)O)CC[C@@H]2[C@H]1/C=C/[C@@H](O)COc1ccccc1. The monoisotopic (exact) mass is 418 g/mol. The molecule has 0 aromatic heterocycles. The lowest BCUT2D eigenvalue weighted by Crippen LogP contribution is -2.23. The minimum atomic E-state index is -0.732. The van der Waals surface area contributed by atoms with Crippen LogP contribution in [0.15, 0.2) is 42.5 Å². The van der Waals surface area contributed by atoms with E-state index in [1.807, 2.05) is 36.4 Å². The molecule has 1 aromatic rings. The number of aliphatic hydroxyl groups excluding tert-OH is 1. The smallest absolute Gasteiger partial charge is 0.303 e. The molecule has 2 aliphatic rings. The van der Waals surface area contributed by atoms with E-state index in [9.17, 15) is 9.90 Å². The Bertz CT molecular complexity index is 676. The van der Waals surface area contributed by atoms with Gasteiger partial charge in [0.25, 0.3) is 0 Å². The van der Waals surface area contributed by atoms with E-state index in [1.54, 1.807) is 7.11 Å². The van der Waals surface area contributed by atoms with E-state index < -0.39 is 12.1 Å². The van der Waals surface area contributed by atoms with Crippen LogP contribution in [0.25, 0.3) is 0 Å². The second-order valence-electron chi connectivity index (χ2n) is 8.43. The van der Waals surface area contributed by atoms with Crippen LogP contribution in [0.3, 0.4) is 0 Å². The van der Waals surface area contributed by atoms with Crippen molar-refractivity contribution in [1.29, 1.82) is 0 Å². The van der Waals surface area contributed by atoms with Gasteiger partial charge < -0.3 is 24.4 Å². The maximum Gasteiger partial charge on any atom is 0.303 e. The van der Waals surface area contributed by atoms with E-state index in [4.69, 9.17) is 19.3 Å². The van der Waals surface area contributed by atoms with E-state index in [0.717, 1.165) is 31.4 Å². The normalized spacial score (nSPS) is 30.0. The van der Waals surface area contributed by atoms with Gasteiger partial charge in [0, 0.05) is 32.5 Å². The molecule has 1 aliphatic heterocycles. The van der Waals surface area contributed by atoms with Gasteiger partial charge in [0.05, 0.1) is 12.2 Å². The maximum atomic E-state index is 10.8. The van der Waals surface area contributed by atoms with Crippen molar-refractivity contribution in [3.05, 3.63) is 42.5 Å². The molecule has 2 N–H and O–H groups in total. The third kappa shape index (κ3) is 6.56. The van der Waals surface area contributed by atoms with Crippen LogP contribution in [-0.4, -0.2) is 54.8 Å². The third-order valence-corrected chi connectivity index (χ3v) is 6.35. The van der Waals surface area contributed by atoms with E-state index in [1.165, 1.54) is 0 Å². The molecule has 0 unspecified atom stereocenters. The lowest BCUT2D eigenvalue weighted by molar-refractivity contribution is -0.137. The first-order valence-corrected chi connectivity index (χ1v) is 11.0. The fraction of sp³-hybridized carbons (Fsp3) is 0.625. The van der Waals surface area contributed by atoms with Gasteiger partial charge in [0.1, 0.15) is 18.5 Å². The molecular formula is C24H34O6. The van der Waals surface area contributed by atoms with Crippen molar-refractivity contribution in [2.45, 2.75) is 56.8 Å². The summed E-state index contributed by atoms with van der Waals surface area (Å²) in [6, 6.07) is 9.47. The van der Waals surface area contributed by atoms with Crippen LogP contribution in [-0.2, 0) is 14.3 Å². The van der Waals surface area contributed by atoms with Gasteiger partial charge in [-0.2, -0.15) is 0 Å². The average Bonchev–Trinajstić information content (AvgIpc) is 2.96. The lowest BCUT2D eigenvalue weighted by atomic mass is 9.86. The van der Waals surface area contributed by atoms with Crippen LogP contribution in [0.1, 0.15) is 38.5 Å². The van der Waals surface area contributed by atoms with E-state index in [-0.39, 0.29) is 31.2 Å². The molecule has 6 nitrogen and oxygen atoms in total. The second-order valence-corrected chi connectivity index (χ2v) is 8.43. The molecule has 1 aliphatic carbocycles. The third-order valence-electron chi connectivity index (χ3n) is 6.35. The van der Waals surface area contributed by atoms with Crippen LogP contribution in [0.4, 0.5) is 0 Å². The molecule has 0 bridgehead atoms. The number of aliphatic carboxylic acids is 1. The number of hydrogen-bond donors (Lipinski definition) is 2. The van der Waals surface area contributed by atoms with Gasteiger partial charge in [-0.3, -0.25) is 4.79 Å². The van der Waals surface area contributed by atoms with Crippen LogP contribution in [0.5, 0.6) is 5.75 Å². The Kier molecular flexibility index (Phi) is 8.73. The summed E-state index contributed by atoms with van der Waals surface area (Å²) < 4.78 is 17.6. The quantitative estimate of drug-likeness (QED) is 0.564. The molecule has 6 atom stereocenters. The first-order chi connectivity index (χ1) is 14.6. The zero-order valence-electron chi connectivity index (χ0n) is 17.7. The molecule has 1 saturated carbocycles. The van der Waals surface area contributed by atoms with Crippen LogP contribution >= 0.6 is 0 Å². The predicted molar refractivity (Wildman–Crippen MR) is 113 cm³/mol. The van der Waals surface area contributed by atoms with Gasteiger partial charge in [-0.05, 0) is 49.7 Å². The number of hydrogen-bond acceptors (Lipinski definition) is 5. The predicted octanol–water partition coefficient (Wildman–Crippen LogP) is 3.68. The van der Waals surface area contributed by atoms with Gasteiger partial charge in [0.2, 0.25) is 0 Å². The first-order valence-electron chi connectivity index (χ1n) is 11.0. The molecule has 1 heterocycles. The summed E-state index contributed by atoms with van der Waals surface area (Å²) in [6.45, 7) is 0.905. The van der Waals surface area contributed by atoms with Gasteiger partial charge in [-0.1, -0.05) is 30.4 Å². The highest BCUT2D eigenvalue weighted by Gasteiger charge is 2.44. The van der Waals surface area contributed by atoms with Crippen LogP contribution in [0, 0.1) is 17.8 Å². The van der Waals surface area contributed by atoms with Crippen molar-refractivity contribution in [2.75, 3.05) is 20.3 Å². The molecule has 3 rings (SSSR count). The van der Waals surface area contributed by atoms with Gasteiger partial charge >= 0.3 is 5.97 Å². The van der Waals surface area contributed by atoms with Gasteiger partial charge in [-0.25, -0.2) is 0 Å². The minimum absolute atomic E-state index is 0.0852. The number of carboxylic acids is 1. The molecule has 0 amide bonds. The second kappa shape index (κ2) is 11.5. The Morgan fingerprint density at radius 1 is 1.30 bits per heavy atom. The van der Waals surface area contributed by atoms with E-state index in [2.05, 4.69) is 6.08 Å². The summed E-state index contributed by atoms with van der Waals surface area (Å²) in [5.74, 6) is 0.989. The van der Waals surface area contributed by atoms with Crippen molar-refractivity contribution < 1.29 is 29.2 Å². The zero-order valence-corrected chi connectivity index (χ0v) is 17.7. The fourth-order valence-corrected chi connectivity index (χ4v) is 4.73. The highest BCUT2D eigenvalue weighted by molar-refractivity contribution is 5.66. The number of carboxylic acid groups (broad SMARTS) is 1. The molecule has 0 spiro atoms. The Labute approximate surface area is 178 Å². The Morgan fingerprint density at radius 2 is 2.10 bits per heavy atom. The molecule has 0 radical (unpaired) electrons. The lowest BCUT2D eigenvalue weighted by Gasteiger charge is -2.22. The fourth-order valence-electron chi connectivity index (χ4n) is 4.73.